The fraction of sp³-hybridized carbons (Fsp3) is 0.214. The highest BCUT2D eigenvalue weighted by Gasteiger charge is 2.20. The van der Waals surface area contributed by atoms with Crippen molar-refractivity contribution in [3.05, 3.63) is 42.3 Å². The Morgan fingerprint density at radius 2 is 2.06 bits per heavy atom. The zero-order valence-corrected chi connectivity index (χ0v) is 10.4. The molecule has 4 heteroatoms. The molecule has 3 aromatic rings. The monoisotopic (exact) mass is 241 g/mol. The first-order chi connectivity index (χ1) is 8.54. The van der Waals surface area contributed by atoms with Crippen LogP contribution in [0.4, 0.5) is 0 Å². The Bertz CT molecular complexity index is 655. The maximum Gasteiger partial charge on any atom is 0.243 e. The van der Waals surface area contributed by atoms with E-state index in [9.17, 15) is 0 Å². The minimum Gasteiger partial charge on any atom is -0.438 e. The predicted molar refractivity (Wildman–Crippen MR) is 71.0 cm³/mol. The molecular weight excluding hydrogens is 226 g/mol. The number of para-hydroxylation sites is 1. The fourth-order valence-electron chi connectivity index (χ4n) is 1.89. The summed E-state index contributed by atoms with van der Waals surface area (Å²) in [5.41, 5.74) is 7.40. The summed E-state index contributed by atoms with van der Waals surface area (Å²) in [4.78, 5) is 7.55. The zero-order chi connectivity index (χ0) is 12.8. The minimum atomic E-state index is -0.517. The number of nitrogens with two attached hydrogens (primary N) is 1. The van der Waals surface area contributed by atoms with E-state index in [1.54, 1.807) is 6.20 Å². The van der Waals surface area contributed by atoms with Crippen LogP contribution in [0.5, 0.6) is 0 Å². The summed E-state index contributed by atoms with van der Waals surface area (Å²) in [6.45, 7) is 3.78. The minimum absolute atomic E-state index is 0.517. The van der Waals surface area contributed by atoms with Crippen LogP contribution in [-0.4, -0.2) is 9.97 Å². The highest BCUT2D eigenvalue weighted by Crippen LogP contribution is 2.26. The zero-order valence-electron chi connectivity index (χ0n) is 10.4. The van der Waals surface area contributed by atoms with Gasteiger partial charge in [0, 0.05) is 10.9 Å². The number of hydrogen-bond donors (Lipinski definition) is 2. The van der Waals surface area contributed by atoms with Gasteiger partial charge in [0.1, 0.15) is 11.5 Å². The van der Waals surface area contributed by atoms with E-state index >= 15 is 0 Å². The molecule has 3 rings (SSSR count). The van der Waals surface area contributed by atoms with Crippen molar-refractivity contribution < 1.29 is 4.42 Å². The lowest BCUT2D eigenvalue weighted by molar-refractivity contribution is 0.400. The Balaban J connectivity index is 2.06. The van der Waals surface area contributed by atoms with E-state index in [0.717, 1.165) is 16.6 Å². The van der Waals surface area contributed by atoms with Crippen LogP contribution in [0.1, 0.15) is 19.6 Å². The van der Waals surface area contributed by atoms with E-state index in [1.807, 2.05) is 44.2 Å². The molecular formula is C14H15N3O. The second-order valence-corrected chi connectivity index (χ2v) is 5.02. The Morgan fingerprint density at radius 3 is 2.72 bits per heavy atom. The molecule has 1 aromatic carbocycles. The van der Waals surface area contributed by atoms with Crippen molar-refractivity contribution in [2.75, 3.05) is 0 Å². The topological polar surface area (TPSA) is 67.8 Å². The molecule has 2 aromatic heterocycles. The van der Waals surface area contributed by atoms with Gasteiger partial charge in [0.05, 0.1) is 11.7 Å². The fourth-order valence-corrected chi connectivity index (χ4v) is 1.89. The van der Waals surface area contributed by atoms with Gasteiger partial charge in [-0.15, -0.1) is 0 Å². The largest absolute Gasteiger partial charge is 0.438 e. The summed E-state index contributed by atoms with van der Waals surface area (Å²) in [6, 6.07) is 10.1. The Labute approximate surface area is 105 Å². The van der Waals surface area contributed by atoms with E-state index in [0.29, 0.717) is 11.7 Å². The number of hydrogen-bond acceptors (Lipinski definition) is 3. The van der Waals surface area contributed by atoms with E-state index in [2.05, 4.69) is 9.97 Å². The van der Waals surface area contributed by atoms with Gasteiger partial charge in [-0.1, -0.05) is 18.2 Å². The van der Waals surface area contributed by atoms with Gasteiger partial charge in [-0.05, 0) is 26.0 Å². The Morgan fingerprint density at radius 1 is 1.28 bits per heavy atom. The maximum absolute atomic E-state index is 5.98. The van der Waals surface area contributed by atoms with Crippen molar-refractivity contribution in [2.45, 2.75) is 19.4 Å². The first-order valence-corrected chi connectivity index (χ1v) is 5.87. The summed E-state index contributed by atoms with van der Waals surface area (Å²) < 4.78 is 5.70. The molecule has 0 aliphatic heterocycles. The Kier molecular flexibility index (Phi) is 2.28. The van der Waals surface area contributed by atoms with Crippen LogP contribution >= 0.6 is 0 Å². The second-order valence-electron chi connectivity index (χ2n) is 5.02. The molecule has 0 spiro atoms. The molecule has 3 N–H and O–H groups in total. The van der Waals surface area contributed by atoms with Gasteiger partial charge in [0.15, 0.2) is 0 Å². The van der Waals surface area contributed by atoms with Gasteiger partial charge in [-0.25, -0.2) is 4.98 Å². The number of aromatic amines is 1. The lowest BCUT2D eigenvalue weighted by Crippen LogP contribution is -2.27. The predicted octanol–water partition coefficient (Wildman–Crippen LogP) is 3.02. The lowest BCUT2D eigenvalue weighted by Gasteiger charge is -2.13. The van der Waals surface area contributed by atoms with Crippen LogP contribution in [0.2, 0.25) is 0 Å². The van der Waals surface area contributed by atoms with Gasteiger partial charge in [0.2, 0.25) is 5.89 Å². The third-order valence-corrected chi connectivity index (χ3v) is 2.90. The van der Waals surface area contributed by atoms with Gasteiger partial charge < -0.3 is 15.1 Å². The molecule has 0 aliphatic carbocycles. The van der Waals surface area contributed by atoms with Crippen LogP contribution < -0.4 is 5.73 Å². The lowest BCUT2D eigenvalue weighted by atomic mass is 10.1. The molecule has 0 amide bonds. The molecule has 0 aliphatic rings. The number of H-pyrrole nitrogens is 1. The van der Waals surface area contributed by atoms with Gasteiger partial charge >= 0.3 is 0 Å². The second kappa shape index (κ2) is 3.71. The third kappa shape index (κ3) is 1.80. The molecule has 0 unspecified atom stereocenters. The molecule has 18 heavy (non-hydrogen) atoms. The molecule has 0 saturated heterocycles. The number of nitrogens with zero attached hydrogens (tertiary/aromatic N) is 1. The van der Waals surface area contributed by atoms with E-state index < -0.39 is 5.54 Å². The Hall–Kier alpha value is -2.07. The third-order valence-electron chi connectivity index (χ3n) is 2.90. The van der Waals surface area contributed by atoms with E-state index in [1.165, 1.54) is 0 Å². The maximum atomic E-state index is 5.98. The van der Waals surface area contributed by atoms with Crippen molar-refractivity contribution in [2.24, 2.45) is 5.73 Å². The molecule has 0 saturated carbocycles. The van der Waals surface area contributed by atoms with Gasteiger partial charge in [-0.3, -0.25) is 0 Å². The normalized spacial score (nSPS) is 12.2. The van der Waals surface area contributed by atoms with Crippen molar-refractivity contribution in [1.82, 2.24) is 9.97 Å². The molecule has 0 fully saturated rings. The summed E-state index contributed by atoms with van der Waals surface area (Å²) >= 11 is 0. The molecule has 0 radical (unpaired) electrons. The molecule has 2 heterocycles. The molecule has 0 bridgehead atoms. The molecule has 0 atom stereocenters. The number of benzene rings is 1. The van der Waals surface area contributed by atoms with Crippen LogP contribution in [0, 0.1) is 0 Å². The summed E-state index contributed by atoms with van der Waals surface area (Å²) in [7, 11) is 0. The van der Waals surface area contributed by atoms with Crippen LogP contribution in [0.25, 0.3) is 22.5 Å². The van der Waals surface area contributed by atoms with Gasteiger partial charge in [-0.2, -0.15) is 0 Å². The molecule has 4 nitrogen and oxygen atoms in total. The number of nitrogens with one attached hydrogen (secondary N) is 1. The standard InChI is InChI=1S/C14H15N3O/c1-14(2,15)12-8-16-13(18-12)11-7-9-5-3-4-6-10(9)17-11/h3-8,17H,15H2,1-2H3. The number of aromatic nitrogens is 2. The summed E-state index contributed by atoms with van der Waals surface area (Å²) in [6.07, 6.45) is 1.68. The number of oxazole rings is 1. The quantitative estimate of drug-likeness (QED) is 0.724. The average Bonchev–Trinajstić information content (AvgIpc) is 2.94. The highest BCUT2D eigenvalue weighted by molar-refractivity contribution is 5.84. The summed E-state index contributed by atoms with van der Waals surface area (Å²) in [5, 5.41) is 1.14. The molecule has 92 valence electrons. The van der Waals surface area contributed by atoms with Crippen molar-refractivity contribution >= 4 is 10.9 Å². The summed E-state index contributed by atoms with van der Waals surface area (Å²) in [5.74, 6) is 1.25. The van der Waals surface area contributed by atoms with Crippen molar-refractivity contribution in [1.29, 1.82) is 0 Å². The smallest absolute Gasteiger partial charge is 0.243 e. The SMILES string of the molecule is CC(C)(N)c1cnc(-c2cc3ccccc3[nH]2)o1. The number of fused-ring (bicyclic) bond motifs is 1. The van der Waals surface area contributed by atoms with E-state index in [-0.39, 0.29) is 0 Å². The first-order valence-electron chi connectivity index (χ1n) is 5.87. The van der Waals surface area contributed by atoms with Gasteiger partial charge in [0.25, 0.3) is 0 Å². The van der Waals surface area contributed by atoms with Crippen LogP contribution in [-0.2, 0) is 5.54 Å². The van der Waals surface area contributed by atoms with Crippen LogP contribution in [0.15, 0.2) is 40.9 Å². The number of rotatable bonds is 2. The van der Waals surface area contributed by atoms with E-state index in [4.69, 9.17) is 10.2 Å². The first kappa shape index (κ1) is 11.0. The van der Waals surface area contributed by atoms with Crippen LogP contribution in [0.3, 0.4) is 0 Å². The van der Waals surface area contributed by atoms with Crippen molar-refractivity contribution in [3.63, 3.8) is 0 Å². The van der Waals surface area contributed by atoms with Crippen molar-refractivity contribution in [3.8, 4) is 11.6 Å². The average molecular weight is 241 g/mol. The highest BCUT2D eigenvalue weighted by atomic mass is 16.4.